The normalized spacial score (nSPS) is 32.6. The summed E-state index contributed by atoms with van der Waals surface area (Å²) in [5, 5.41) is 6.49. The molecule has 1 saturated carbocycles. The average Bonchev–Trinajstić information content (AvgIpc) is 2.47. The zero-order chi connectivity index (χ0) is 15.2. The lowest BCUT2D eigenvalue weighted by atomic mass is 9.87. The highest BCUT2D eigenvalue weighted by Gasteiger charge is 2.23. The molecule has 0 bridgehead atoms. The number of nitrogens with one attached hydrogen (secondary N) is 2. The number of carbonyl (C=O) groups is 1. The van der Waals surface area contributed by atoms with Crippen molar-refractivity contribution in [3.05, 3.63) is 0 Å². The predicted molar refractivity (Wildman–Crippen MR) is 84.3 cm³/mol. The lowest BCUT2D eigenvalue weighted by Gasteiger charge is -2.31. The van der Waals surface area contributed by atoms with Crippen LogP contribution in [0.3, 0.4) is 0 Å². The maximum Gasteiger partial charge on any atom is 0.237 e. The monoisotopic (exact) mass is 297 g/mol. The minimum absolute atomic E-state index is 0.124. The van der Waals surface area contributed by atoms with E-state index in [-0.39, 0.29) is 18.1 Å². The molecule has 2 atom stereocenters. The summed E-state index contributed by atoms with van der Waals surface area (Å²) in [6, 6.07) is 0.218. The highest BCUT2D eigenvalue weighted by atomic mass is 16.5. The minimum Gasteiger partial charge on any atom is -0.374 e. The van der Waals surface area contributed by atoms with Gasteiger partial charge in [-0.1, -0.05) is 6.92 Å². The van der Waals surface area contributed by atoms with Gasteiger partial charge in [0.1, 0.15) is 0 Å². The third-order valence-electron chi connectivity index (χ3n) is 4.75. The summed E-state index contributed by atoms with van der Waals surface area (Å²) in [5.41, 5.74) is 0. The van der Waals surface area contributed by atoms with Crippen molar-refractivity contribution in [3.63, 3.8) is 0 Å². The summed E-state index contributed by atoms with van der Waals surface area (Å²) >= 11 is 0. The molecule has 5 nitrogen and oxygen atoms in total. The van der Waals surface area contributed by atoms with Gasteiger partial charge in [0.2, 0.25) is 5.91 Å². The topological polar surface area (TPSA) is 53.6 Å². The summed E-state index contributed by atoms with van der Waals surface area (Å²) in [7, 11) is 2.11. The zero-order valence-corrected chi connectivity index (χ0v) is 13.7. The first-order valence-electron chi connectivity index (χ1n) is 8.38. The molecule has 2 aliphatic rings. The molecule has 21 heavy (non-hydrogen) atoms. The summed E-state index contributed by atoms with van der Waals surface area (Å²) in [4.78, 5) is 14.5. The molecule has 122 valence electrons. The van der Waals surface area contributed by atoms with E-state index >= 15 is 0 Å². The van der Waals surface area contributed by atoms with Crippen molar-refractivity contribution in [2.45, 2.75) is 57.7 Å². The van der Waals surface area contributed by atoms with Crippen molar-refractivity contribution in [2.75, 3.05) is 33.3 Å². The van der Waals surface area contributed by atoms with Crippen LogP contribution in [-0.4, -0.2) is 62.3 Å². The highest BCUT2D eigenvalue weighted by molar-refractivity contribution is 5.81. The molecular formula is C16H31N3O2. The summed E-state index contributed by atoms with van der Waals surface area (Å²) in [5.74, 6) is 0.938. The minimum atomic E-state index is -0.153. The van der Waals surface area contributed by atoms with Gasteiger partial charge in [0, 0.05) is 25.7 Å². The van der Waals surface area contributed by atoms with E-state index in [1.165, 1.54) is 12.8 Å². The fourth-order valence-electron chi connectivity index (χ4n) is 3.12. The van der Waals surface area contributed by atoms with Crippen LogP contribution >= 0.6 is 0 Å². The molecule has 0 aromatic carbocycles. The number of hydrogen-bond donors (Lipinski definition) is 2. The molecule has 0 aromatic rings. The maximum atomic E-state index is 12.2. The number of hydrogen-bond acceptors (Lipinski definition) is 4. The Bertz CT molecular complexity index is 329. The lowest BCUT2D eigenvalue weighted by molar-refractivity contribution is -0.124. The second-order valence-corrected chi connectivity index (χ2v) is 6.85. The zero-order valence-electron chi connectivity index (χ0n) is 13.7. The van der Waals surface area contributed by atoms with Crippen LogP contribution in [0.4, 0.5) is 0 Å². The molecular weight excluding hydrogens is 266 g/mol. The Morgan fingerprint density at radius 3 is 2.71 bits per heavy atom. The quantitative estimate of drug-likeness (QED) is 0.794. The van der Waals surface area contributed by atoms with Crippen LogP contribution in [0.5, 0.6) is 0 Å². The van der Waals surface area contributed by atoms with Gasteiger partial charge in [-0.3, -0.25) is 4.79 Å². The van der Waals surface area contributed by atoms with E-state index < -0.39 is 0 Å². The third kappa shape index (κ3) is 5.57. The van der Waals surface area contributed by atoms with Crippen LogP contribution in [-0.2, 0) is 9.53 Å². The Labute approximate surface area is 128 Å². The summed E-state index contributed by atoms with van der Waals surface area (Å²) < 4.78 is 5.70. The van der Waals surface area contributed by atoms with Gasteiger partial charge in [-0.05, 0) is 45.6 Å². The van der Waals surface area contributed by atoms with E-state index in [0.29, 0.717) is 6.04 Å². The van der Waals surface area contributed by atoms with E-state index in [2.05, 4.69) is 29.5 Å². The fourth-order valence-corrected chi connectivity index (χ4v) is 3.12. The second kappa shape index (κ2) is 8.11. The summed E-state index contributed by atoms with van der Waals surface area (Å²) in [6.45, 7) is 7.68. The third-order valence-corrected chi connectivity index (χ3v) is 4.75. The Balaban J connectivity index is 1.65. The fraction of sp³-hybridized carbons (Fsp3) is 0.938. The number of ether oxygens (including phenoxy) is 1. The number of rotatable bonds is 5. The Morgan fingerprint density at radius 1 is 1.33 bits per heavy atom. The molecule has 0 aromatic heterocycles. The van der Waals surface area contributed by atoms with E-state index in [1.807, 2.05) is 6.92 Å². The first-order chi connectivity index (χ1) is 10.0. The van der Waals surface area contributed by atoms with Crippen molar-refractivity contribution in [1.29, 1.82) is 0 Å². The molecule has 2 fully saturated rings. The van der Waals surface area contributed by atoms with E-state index in [4.69, 9.17) is 4.74 Å². The molecule has 5 heteroatoms. The lowest BCUT2D eigenvalue weighted by Crippen LogP contribution is -2.51. The first kappa shape index (κ1) is 16.7. The summed E-state index contributed by atoms with van der Waals surface area (Å²) in [6.07, 6.45) is 4.89. The van der Waals surface area contributed by atoms with Crippen molar-refractivity contribution in [3.8, 4) is 0 Å². The van der Waals surface area contributed by atoms with Gasteiger partial charge < -0.3 is 20.3 Å². The van der Waals surface area contributed by atoms with Crippen molar-refractivity contribution in [1.82, 2.24) is 15.5 Å². The van der Waals surface area contributed by atoms with Crippen molar-refractivity contribution < 1.29 is 9.53 Å². The highest BCUT2D eigenvalue weighted by Crippen LogP contribution is 2.23. The SMILES string of the molecule is CC1CCC(NC(=O)[C@@H](C)NC[C@H]2CN(C)CCO2)CC1. The average molecular weight is 297 g/mol. The Kier molecular flexibility index (Phi) is 6.45. The number of likely N-dealkylation sites (N-methyl/N-ethyl adjacent to an activating group) is 1. The van der Waals surface area contributed by atoms with Crippen LogP contribution in [0, 0.1) is 5.92 Å². The Hall–Kier alpha value is -0.650. The van der Waals surface area contributed by atoms with E-state index in [1.54, 1.807) is 0 Å². The van der Waals surface area contributed by atoms with Gasteiger partial charge in [-0.15, -0.1) is 0 Å². The predicted octanol–water partition coefficient (Wildman–Crippen LogP) is 0.990. The number of nitrogens with zero attached hydrogens (tertiary/aromatic N) is 1. The van der Waals surface area contributed by atoms with Gasteiger partial charge in [0.05, 0.1) is 18.8 Å². The van der Waals surface area contributed by atoms with E-state index in [9.17, 15) is 4.79 Å². The van der Waals surface area contributed by atoms with Crippen molar-refractivity contribution in [2.24, 2.45) is 5.92 Å². The van der Waals surface area contributed by atoms with Gasteiger partial charge in [-0.2, -0.15) is 0 Å². The molecule has 1 saturated heterocycles. The molecule has 0 unspecified atom stereocenters. The molecule has 1 aliphatic carbocycles. The number of carbonyl (C=O) groups excluding carboxylic acids is 1. The standard InChI is InChI=1S/C16H31N3O2/c1-12-4-6-14(7-5-12)18-16(20)13(2)17-10-15-11-19(3)8-9-21-15/h12-15,17H,4-11H2,1-3H3,(H,18,20)/t12?,13-,14?,15+/m1/s1. The van der Waals surface area contributed by atoms with Crippen LogP contribution in [0.1, 0.15) is 39.5 Å². The molecule has 1 amide bonds. The number of morpholine rings is 1. The molecule has 2 N–H and O–H groups in total. The van der Waals surface area contributed by atoms with Crippen LogP contribution in [0.15, 0.2) is 0 Å². The first-order valence-corrected chi connectivity index (χ1v) is 8.38. The molecule has 1 heterocycles. The largest absolute Gasteiger partial charge is 0.374 e. The molecule has 2 rings (SSSR count). The molecule has 0 radical (unpaired) electrons. The number of amides is 1. The van der Waals surface area contributed by atoms with Crippen molar-refractivity contribution >= 4 is 5.91 Å². The Morgan fingerprint density at radius 2 is 2.05 bits per heavy atom. The van der Waals surface area contributed by atoms with Crippen LogP contribution in [0.25, 0.3) is 0 Å². The molecule has 1 aliphatic heterocycles. The van der Waals surface area contributed by atoms with Crippen LogP contribution in [0.2, 0.25) is 0 Å². The van der Waals surface area contributed by atoms with Gasteiger partial charge in [0.25, 0.3) is 0 Å². The second-order valence-electron chi connectivity index (χ2n) is 6.85. The maximum absolute atomic E-state index is 12.2. The smallest absolute Gasteiger partial charge is 0.237 e. The van der Waals surface area contributed by atoms with Gasteiger partial charge >= 0.3 is 0 Å². The van der Waals surface area contributed by atoms with Crippen LogP contribution < -0.4 is 10.6 Å². The van der Waals surface area contributed by atoms with Gasteiger partial charge in [0.15, 0.2) is 0 Å². The van der Waals surface area contributed by atoms with E-state index in [0.717, 1.165) is 45.0 Å². The van der Waals surface area contributed by atoms with Gasteiger partial charge in [-0.25, -0.2) is 0 Å². The molecule has 0 spiro atoms.